The Morgan fingerprint density at radius 1 is 1.04 bits per heavy atom. The van der Waals surface area contributed by atoms with Gasteiger partial charge in [0.2, 0.25) is 5.91 Å². The summed E-state index contributed by atoms with van der Waals surface area (Å²) in [6.45, 7) is 5.23. The summed E-state index contributed by atoms with van der Waals surface area (Å²) in [6, 6.07) is 5.69. The van der Waals surface area contributed by atoms with Crippen molar-refractivity contribution in [2.45, 2.75) is 45.6 Å². The van der Waals surface area contributed by atoms with Crippen LogP contribution < -0.4 is 14.8 Å². The van der Waals surface area contributed by atoms with Crippen LogP contribution >= 0.6 is 0 Å². The van der Waals surface area contributed by atoms with Crippen LogP contribution in [0.5, 0.6) is 11.5 Å². The van der Waals surface area contributed by atoms with Crippen molar-refractivity contribution in [3.63, 3.8) is 0 Å². The molecule has 26 heavy (non-hydrogen) atoms. The number of hydrogen-bond donors (Lipinski definition) is 2. The summed E-state index contributed by atoms with van der Waals surface area (Å²) in [5.74, 6) is 0.526. The van der Waals surface area contributed by atoms with Crippen molar-refractivity contribution in [2.24, 2.45) is 17.8 Å². The van der Waals surface area contributed by atoms with Gasteiger partial charge in [-0.05, 0) is 49.3 Å². The lowest BCUT2D eigenvalue weighted by molar-refractivity contribution is -0.144. The molecule has 0 spiro atoms. The smallest absolute Gasteiger partial charge is 0.306 e. The highest BCUT2D eigenvalue weighted by Gasteiger charge is 2.31. The van der Waals surface area contributed by atoms with Crippen LogP contribution in [0.1, 0.15) is 51.1 Å². The molecule has 1 aromatic rings. The van der Waals surface area contributed by atoms with Crippen LogP contribution in [-0.2, 0) is 9.59 Å². The predicted octanol–water partition coefficient (Wildman–Crippen LogP) is 3.16. The third-order valence-corrected chi connectivity index (χ3v) is 5.34. The molecule has 0 saturated heterocycles. The van der Waals surface area contributed by atoms with Gasteiger partial charge >= 0.3 is 5.97 Å². The monoisotopic (exact) mass is 361 g/mol. The molecule has 0 aromatic heterocycles. The van der Waals surface area contributed by atoms with Gasteiger partial charge in [-0.3, -0.25) is 9.59 Å². The molecule has 1 amide bonds. The Kier molecular flexibility index (Phi) is 5.69. The Bertz CT molecular complexity index is 664. The van der Waals surface area contributed by atoms with Gasteiger partial charge < -0.3 is 19.9 Å². The molecular formula is C20H27NO5. The van der Waals surface area contributed by atoms with Crippen LogP contribution in [0.4, 0.5) is 0 Å². The van der Waals surface area contributed by atoms with E-state index >= 15 is 0 Å². The van der Waals surface area contributed by atoms with Crippen LogP contribution in [0.15, 0.2) is 18.2 Å². The molecule has 142 valence electrons. The van der Waals surface area contributed by atoms with E-state index in [2.05, 4.69) is 19.2 Å². The van der Waals surface area contributed by atoms with Crippen molar-refractivity contribution in [1.29, 1.82) is 0 Å². The highest BCUT2D eigenvalue weighted by molar-refractivity contribution is 5.80. The molecular weight excluding hydrogens is 334 g/mol. The summed E-state index contributed by atoms with van der Waals surface area (Å²) in [5, 5.41) is 12.3. The number of aliphatic carboxylic acids is 1. The third kappa shape index (κ3) is 4.11. The summed E-state index contributed by atoms with van der Waals surface area (Å²) in [7, 11) is 0. The summed E-state index contributed by atoms with van der Waals surface area (Å²) < 4.78 is 11.2. The molecule has 1 atom stereocenters. The molecule has 1 aliphatic carbocycles. The fourth-order valence-corrected chi connectivity index (χ4v) is 3.76. The predicted molar refractivity (Wildman–Crippen MR) is 96.2 cm³/mol. The molecule has 1 aromatic carbocycles. The SMILES string of the molecule is CC(C)C(NC(=O)C1CCC(C(=O)O)CC1)c1ccc2c(c1)OCCO2. The van der Waals surface area contributed by atoms with E-state index in [0.717, 1.165) is 17.1 Å². The first kappa shape index (κ1) is 18.5. The fourth-order valence-electron chi connectivity index (χ4n) is 3.76. The minimum absolute atomic E-state index is 0.0161. The second-order valence-electron chi connectivity index (χ2n) is 7.52. The maximum Gasteiger partial charge on any atom is 0.306 e. The number of hydrogen-bond acceptors (Lipinski definition) is 4. The van der Waals surface area contributed by atoms with Gasteiger partial charge in [-0.1, -0.05) is 19.9 Å². The number of fused-ring (bicyclic) bond motifs is 1. The van der Waals surface area contributed by atoms with Gasteiger partial charge in [0, 0.05) is 5.92 Å². The van der Waals surface area contributed by atoms with E-state index in [-0.39, 0.29) is 29.7 Å². The van der Waals surface area contributed by atoms with Gasteiger partial charge in [0.25, 0.3) is 0 Å². The van der Waals surface area contributed by atoms with Crippen molar-refractivity contribution in [2.75, 3.05) is 13.2 Å². The topological polar surface area (TPSA) is 84.9 Å². The Labute approximate surface area is 153 Å². The molecule has 3 rings (SSSR count). The summed E-state index contributed by atoms with van der Waals surface area (Å²) >= 11 is 0. The zero-order valence-electron chi connectivity index (χ0n) is 15.4. The lowest BCUT2D eigenvalue weighted by Gasteiger charge is -2.29. The molecule has 6 nitrogen and oxygen atoms in total. The van der Waals surface area contributed by atoms with E-state index in [0.29, 0.717) is 38.9 Å². The molecule has 1 heterocycles. The van der Waals surface area contributed by atoms with Crippen LogP contribution in [0.2, 0.25) is 0 Å². The van der Waals surface area contributed by atoms with Crippen molar-refractivity contribution in [3.05, 3.63) is 23.8 Å². The number of carboxylic acid groups (broad SMARTS) is 1. The maximum atomic E-state index is 12.7. The number of rotatable bonds is 5. The number of carbonyl (C=O) groups excluding carboxylic acids is 1. The normalized spacial score (nSPS) is 23.3. The number of carbonyl (C=O) groups is 2. The minimum atomic E-state index is -0.750. The van der Waals surface area contributed by atoms with Gasteiger partial charge in [-0.2, -0.15) is 0 Å². The minimum Gasteiger partial charge on any atom is -0.486 e. The zero-order valence-corrected chi connectivity index (χ0v) is 15.4. The first-order valence-electron chi connectivity index (χ1n) is 9.38. The number of ether oxygens (including phenoxy) is 2. The molecule has 6 heteroatoms. The third-order valence-electron chi connectivity index (χ3n) is 5.34. The second-order valence-corrected chi connectivity index (χ2v) is 7.52. The van der Waals surface area contributed by atoms with E-state index in [1.165, 1.54) is 0 Å². The van der Waals surface area contributed by atoms with E-state index in [1.807, 2.05) is 18.2 Å². The molecule has 1 unspecified atom stereocenters. The van der Waals surface area contributed by atoms with Gasteiger partial charge in [0.05, 0.1) is 12.0 Å². The summed E-state index contributed by atoms with van der Waals surface area (Å²) in [4.78, 5) is 23.8. The van der Waals surface area contributed by atoms with Crippen molar-refractivity contribution < 1.29 is 24.2 Å². The van der Waals surface area contributed by atoms with Crippen LogP contribution in [-0.4, -0.2) is 30.2 Å². The van der Waals surface area contributed by atoms with Crippen molar-refractivity contribution in [3.8, 4) is 11.5 Å². The number of amides is 1. The summed E-state index contributed by atoms with van der Waals surface area (Å²) in [5.41, 5.74) is 0.997. The number of benzene rings is 1. The van der Waals surface area contributed by atoms with Crippen LogP contribution in [0, 0.1) is 17.8 Å². The molecule has 0 radical (unpaired) electrons. The fraction of sp³-hybridized carbons (Fsp3) is 0.600. The van der Waals surface area contributed by atoms with E-state index in [4.69, 9.17) is 14.6 Å². The van der Waals surface area contributed by atoms with E-state index in [9.17, 15) is 9.59 Å². The highest BCUT2D eigenvalue weighted by Crippen LogP contribution is 2.35. The number of carboxylic acids is 1. The van der Waals surface area contributed by atoms with Gasteiger partial charge in [-0.25, -0.2) is 0 Å². The first-order valence-corrected chi connectivity index (χ1v) is 9.38. The number of nitrogens with one attached hydrogen (secondary N) is 1. The molecule has 1 fully saturated rings. The Morgan fingerprint density at radius 2 is 1.65 bits per heavy atom. The summed E-state index contributed by atoms with van der Waals surface area (Å²) in [6.07, 6.45) is 2.41. The Hall–Kier alpha value is -2.24. The lowest BCUT2D eigenvalue weighted by atomic mass is 9.81. The second kappa shape index (κ2) is 7.98. The average Bonchev–Trinajstić information content (AvgIpc) is 2.65. The van der Waals surface area contributed by atoms with Gasteiger partial charge in [0.15, 0.2) is 11.5 Å². The Balaban J connectivity index is 1.67. The largest absolute Gasteiger partial charge is 0.486 e. The van der Waals surface area contributed by atoms with E-state index < -0.39 is 5.97 Å². The quantitative estimate of drug-likeness (QED) is 0.841. The van der Waals surface area contributed by atoms with Crippen molar-refractivity contribution in [1.82, 2.24) is 5.32 Å². The molecule has 0 bridgehead atoms. The molecule has 2 N–H and O–H groups in total. The van der Waals surface area contributed by atoms with Gasteiger partial charge in [0.1, 0.15) is 13.2 Å². The van der Waals surface area contributed by atoms with Crippen LogP contribution in [0.3, 0.4) is 0 Å². The molecule has 2 aliphatic rings. The maximum absolute atomic E-state index is 12.7. The highest BCUT2D eigenvalue weighted by atomic mass is 16.6. The Morgan fingerprint density at radius 3 is 2.27 bits per heavy atom. The average molecular weight is 361 g/mol. The standard InChI is InChI=1S/C20H27NO5/c1-12(2)18(15-7-8-16-17(11-15)26-10-9-25-16)21-19(22)13-3-5-14(6-4-13)20(23)24/h7-8,11-14,18H,3-6,9-10H2,1-2H3,(H,21,22)(H,23,24). The van der Waals surface area contributed by atoms with Crippen LogP contribution in [0.25, 0.3) is 0 Å². The van der Waals surface area contributed by atoms with Crippen molar-refractivity contribution >= 4 is 11.9 Å². The zero-order chi connectivity index (χ0) is 18.7. The van der Waals surface area contributed by atoms with Gasteiger partial charge in [-0.15, -0.1) is 0 Å². The molecule has 1 saturated carbocycles. The first-order chi connectivity index (χ1) is 12.5. The molecule has 1 aliphatic heterocycles. The van der Waals surface area contributed by atoms with E-state index in [1.54, 1.807) is 0 Å². The lowest BCUT2D eigenvalue weighted by Crippen LogP contribution is -2.38.